The van der Waals surface area contributed by atoms with Crippen LogP contribution in [0, 0.1) is 6.92 Å². The number of benzene rings is 1. The van der Waals surface area contributed by atoms with E-state index in [1.165, 1.54) is 6.07 Å². The lowest BCUT2D eigenvalue weighted by molar-refractivity contribution is 0.0696. The van der Waals surface area contributed by atoms with Gasteiger partial charge < -0.3 is 5.11 Å². The number of rotatable bonds is 3. The second kappa shape index (κ2) is 3.50. The molecule has 1 fully saturated rings. The van der Waals surface area contributed by atoms with Crippen LogP contribution >= 0.6 is 0 Å². The molecular weight excluding hydrogens is 192 g/mol. The Morgan fingerprint density at radius 3 is 2.60 bits per heavy atom. The van der Waals surface area contributed by atoms with Crippen LogP contribution in [0.1, 0.15) is 50.6 Å². The summed E-state index contributed by atoms with van der Waals surface area (Å²) in [6, 6.07) is 3.32. The average molecular weight is 204 g/mol. The van der Waals surface area contributed by atoms with Gasteiger partial charge in [-0.2, -0.15) is 0 Å². The third-order valence-electron chi connectivity index (χ3n) is 2.80. The number of carboxylic acid groups (broad SMARTS) is 1. The smallest absolute Gasteiger partial charge is 0.335 e. The first-order valence-electron chi connectivity index (χ1n) is 4.96. The van der Waals surface area contributed by atoms with Crippen molar-refractivity contribution in [2.45, 2.75) is 25.7 Å². The third kappa shape index (κ3) is 1.77. The number of carbonyl (C=O) groups excluding carboxylic acids is 1. The van der Waals surface area contributed by atoms with Crippen LogP contribution in [-0.4, -0.2) is 17.4 Å². The van der Waals surface area contributed by atoms with Crippen LogP contribution in [-0.2, 0) is 0 Å². The number of aldehydes is 1. The summed E-state index contributed by atoms with van der Waals surface area (Å²) >= 11 is 0. The Balaban J connectivity index is 2.54. The van der Waals surface area contributed by atoms with E-state index >= 15 is 0 Å². The molecule has 0 saturated heterocycles. The summed E-state index contributed by atoms with van der Waals surface area (Å²) in [7, 11) is 0. The van der Waals surface area contributed by atoms with Crippen molar-refractivity contribution in [1.29, 1.82) is 0 Å². The molecule has 0 amide bonds. The highest BCUT2D eigenvalue weighted by Gasteiger charge is 2.27. The lowest BCUT2D eigenvalue weighted by atomic mass is 9.97. The summed E-state index contributed by atoms with van der Waals surface area (Å²) in [6.07, 6.45) is 2.96. The van der Waals surface area contributed by atoms with Crippen LogP contribution < -0.4 is 0 Å². The number of carboxylic acids is 1. The second-order valence-electron chi connectivity index (χ2n) is 3.99. The summed E-state index contributed by atoms with van der Waals surface area (Å²) in [5, 5.41) is 8.91. The maximum Gasteiger partial charge on any atom is 0.335 e. The van der Waals surface area contributed by atoms with Gasteiger partial charge in [0.2, 0.25) is 0 Å². The predicted octanol–water partition coefficient (Wildman–Crippen LogP) is 2.38. The first-order chi connectivity index (χ1) is 7.13. The molecular formula is C12H12O3. The van der Waals surface area contributed by atoms with Crippen molar-refractivity contribution in [2.24, 2.45) is 0 Å². The summed E-state index contributed by atoms with van der Waals surface area (Å²) < 4.78 is 0. The summed E-state index contributed by atoms with van der Waals surface area (Å²) in [5.74, 6) is -0.510. The quantitative estimate of drug-likeness (QED) is 0.769. The molecule has 1 N–H and O–H groups in total. The van der Waals surface area contributed by atoms with Gasteiger partial charge in [0, 0.05) is 5.56 Å². The van der Waals surface area contributed by atoms with E-state index in [1.54, 1.807) is 6.92 Å². The van der Waals surface area contributed by atoms with Gasteiger partial charge in [0.25, 0.3) is 0 Å². The van der Waals surface area contributed by atoms with Crippen molar-refractivity contribution in [2.75, 3.05) is 0 Å². The van der Waals surface area contributed by atoms with E-state index in [0.29, 0.717) is 11.5 Å². The molecule has 15 heavy (non-hydrogen) atoms. The van der Waals surface area contributed by atoms with Gasteiger partial charge in [-0.25, -0.2) is 4.79 Å². The van der Waals surface area contributed by atoms with E-state index in [-0.39, 0.29) is 5.56 Å². The molecule has 3 nitrogen and oxygen atoms in total. The summed E-state index contributed by atoms with van der Waals surface area (Å²) in [4.78, 5) is 21.7. The van der Waals surface area contributed by atoms with Crippen molar-refractivity contribution in [3.63, 3.8) is 0 Å². The normalized spacial score (nSPS) is 15.0. The fourth-order valence-corrected chi connectivity index (χ4v) is 1.83. The monoisotopic (exact) mass is 204 g/mol. The lowest BCUT2D eigenvalue weighted by Gasteiger charge is -2.07. The van der Waals surface area contributed by atoms with E-state index in [0.717, 1.165) is 30.3 Å². The molecule has 0 aliphatic heterocycles. The third-order valence-corrected chi connectivity index (χ3v) is 2.80. The first-order valence-corrected chi connectivity index (χ1v) is 4.96. The molecule has 1 aliphatic rings. The Labute approximate surface area is 87.7 Å². The number of aryl methyl sites for hydroxylation is 1. The molecule has 3 heteroatoms. The van der Waals surface area contributed by atoms with Crippen LogP contribution in [0.25, 0.3) is 0 Å². The van der Waals surface area contributed by atoms with Crippen molar-refractivity contribution in [3.05, 3.63) is 34.4 Å². The second-order valence-corrected chi connectivity index (χ2v) is 3.99. The topological polar surface area (TPSA) is 54.4 Å². The maximum atomic E-state index is 10.9. The molecule has 0 bridgehead atoms. The summed E-state index contributed by atoms with van der Waals surface area (Å²) in [6.45, 7) is 1.77. The molecule has 0 unspecified atom stereocenters. The highest BCUT2D eigenvalue weighted by Crippen LogP contribution is 2.42. The average Bonchev–Trinajstić information content (AvgIpc) is 3.00. The van der Waals surface area contributed by atoms with Gasteiger partial charge in [-0.15, -0.1) is 0 Å². The molecule has 0 heterocycles. The fraction of sp³-hybridized carbons (Fsp3) is 0.333. The Bertz CT molecular complexity index is 431. The molecule has 1 saturated carbocycles. The number of hydrogen-bond donors (Lipinski definition) is 1. The van der Waals surface area contributed by atoms with Crippen molar-refractivity contribution in [1.82, 2.24) is 0 Å². The minimum absolute atomic E-state index is 0.224. The maximum absolute atomic E-state index is 10.9. The first kappa shape index (κ1) is 9.90. The Kier molecular flexibility index (Phi) is 2.31. The van der Waals surface area contributed by atoms with Crippen LogP contribution in [0.3, 0.4) is 0 Å². The molecule has 1 aromatic carbocycles. The van der Waals surface area contributed by atoms with Crippen molar-refractivity contribution >= 4 is 12.3 Å². The highest BCUT2D eigenvalue weighted by molar-refractivity contribution is 5.92. The molecule has 0 atom stereocenters. The lowest BCUT2D eigenvalue weighted by Crippen LogP contribution is -2.03. The Hall–Kier alpha value is -1.64. The van der Waals surface area contributed by atoms with E-state index in [1.807, 2.05) is 6.07 Å². The van der Waals surface area contributed by atoms with Gasteiger partial charge in [-0.3, -0.25) is 4.79 Å². The molecule has 0 spiro atoms. The van der Waals surface area contributed by atoms with Gasteiger partial charge >= 0.3 is 5.97 Å². The van der Waals surface area contributed by atoms with E-state index in [9.17, 15) is 9.59 Å². The van der Waals surface area contributed by atoms with Crippen LogP contribution in [0.2, 0.25) is 0 Å². The minimum Gasteiger partial charge on any atom is -0.478 e. The number of hydrogen-bond acceptors (Lipinski definition) is 2. The van der Waals surface area contributed by atoms with E-state index in [2.05, 4.69) is 0 Å². The zero-order chi connectivity index (χ0) is 11.0. The summed E-state index contributed by atoms with van der Waals surface area (Å²) in [5.41, 5.74) is 2.49. The fourth-order valence-electron chi connectivity index (χ4n) is 1.83. The largest absolute Gasteiger partial charge is 0.478 e. The standard InChI is InChI=1S/C12H12O3/c1-7-4-11(8-2-3-8)9(6-13)5-10(7)12(14)15/h4-6,8H,2-3H2,1H3,(H,14,15). The Morgan fingerprint density at radius 1 is 1.47 bits per heavy atom. The highest BCUT2D eigenvalue weighted by atomic mass is 16.4. The van der Waals surface area contributed by atoms with Gasteiger partial charge in [0.05, 0.1) is 5.56 Å². The zero-order valence-corrected chi connectivity index (χ0v) is 8.49. The van der Waals surface area contributed by atoms with Gasteiger partial charge in [-0.1, -0.05) is 6.07 Å². The zero-order valence-electron chi connectivity index (χ0n) is 8.49. The van der Waals surface area contributed by atoms with E-state index < -0.39 is 5.97 Å². The molecule has 0 aromatic heterocycles. The molecule has 78 valence electrons. The molecule has 1 aromatic rings. The van der Waals surface area contributed by atoms with E-state index in [4.69, 9.17) is 5.11 Å². The predicted molar refractivity (Wildman–Crippen MR) is 55.5 cm³/mol. The van der Waals surface area contributed by atoms with Crippen LogP contribution in [0.5, 0.6) is 0 Å². The van der Waals surface area contributed by atoms with Crippen LogP contribution in [0.15, 0.2) is 12.1 Å². The Morgan fingerprint density at radius 2 is 2.13 bits per heavy atom. The van der Waals surface area contributed by atoms with Gasteiger partial charge in [0.1, 0.15) is 6.29 Å². The molecule has 0 radical (unpaired) electrons. The van der Waals surface area contributed by atoms with Crippen molar-refractivity contribution in [3.8, 4) is 0 Å². The SMILES string of the molecule is Cc1cc(C2CC2)c(C=O)cc1C(=O)O. The van der Waals surface area contributed by atoms with Gasteiger partial charge in [0.15, 0.2) is 0 Å². The van der Waals surface area contributed by atoms with Gasteiger partial charge in [-0.05, 0) is 42.9 Å². The minimum atomic E-state index is -0.974. The molecule has 1 aliphatic carbocycles. The molecule has 2 rings (SSSR count). The van der Waals surface area contributed by atoms with Crippen LogP contribution in [0.4, 0.5) is 0 Å². The number of aromatic carboxylic acids is 1. The number of carbonyl (C=O) groups is 2. The van der Waals surface area contributed by atoms with Crippen molar-refractivity contribution < 1.29 is 14.7 Å².